The first-order chi connectivity index (χ1) is 10.3. The van der Waals surface area contributed by atoms with E-state index in [1.165, 1.54) is 19.3 Å². The van der Waals surface area contributed by atoms with Crippen LogP contribution in [0.5, 0.6) is 0 Å². The minimum absolute atomic E-state index is 0.203. The number of rotatable bonds is 6. The summed E-state index contributed by atoms with van der Waals surface area (Å²) in [6.45, 7) is 6.93. The summed E-state index contributed by atoms with van der Waals surface area (Å²) in [6.07, 6.45) is 7.35. The number of hydrogen-bond donors (Lipinski definition) is 3. The third-order valence-electron chi connectivity index (χ3n) is 4.76. The van der Waals surface area contributed by atoms with Crippen molar-refractivity contribution in [1.82, 2.24) is 10.6 Å². The topological polar surface area (TPSA) is 70.6 Å². The molecule has 3 N–H and O–H groups in total. The molecule has 2 aliphatic carbocycles. The number of carbonyl (C=O) groups is 1. The van der Waals surface area contributed by atoms with Crippen LogP contribution in [0.25, 0.3) is 0 Å². The van der Waals surface area contributed by atoms with E-state index >= 15 is 0 Å². The molecule has 5 nitrogen and oxygen atoms in total. The number of carbonyl (C=O) groups excluding carboxylic acids is 1. The van der Waals surface area contributed by atoms with Gasteiger partial charge in [-0.3, -0.25) is 0 Å². The third-order valence-corrected chi connectivity index (χ3v) is 4.76. The fourth-order valence-electron chi connectivity index (χ4n) is 3.27. The van der Waals surface area contributed by atoms with Gasteiger partial charge in [-0.15, -0.1) is 0 Å². The maximum Gasteiger partial charge on any atom is 0.407 e. The Kier molecular flexibility index (Phi) is 5.72. The van der Waals surface area contributed by atoms with E-state index in [4.69, 9.17) is 9.84 Å². The molecule has 2 atom stereocenters. The Bertz CT molecular complexity index is 375. The van der Waals surface area contributed by atoms with Crippen LogP contribution in [0, 0.1) is 5.41 Å². The van der Waals surface area contributed by atoms with Gasteiger partial charge in [0.1, 0.15) is 5.60 Å². The van der Waals surface area contributed by atoms with Crippen LogP contribution in [0.15, 0.2) is 0 Å². The summed E-state index contributed by atoms with van der Waals surface area (Å²) in [5.74, 6) is 0. The number of alkyl carbamates (subject to hydrolysis) is 1. The smallest absolute Gasteiger partial charge is 0.407 e. The van der Waals surface area contributed by atoms with Crippen LogP contribution in [-0.4, -0.2) is 42.0 Å². The summed E-state index contributed by atoms with van der Waals surface area (Å²) >= 11 is 0. The molecular weight excluding hydrogens is 280 g/mol. The summed E-state index contributed by atoms with van der Waals surface area (Å²) in [5, 5.41) is 15.8. The fourth-order valence-corrected chi connectivity index (χ4v) is 3.27. The molecule has 5 heteroatoms. The van der Waals surface area contributed by atoms with Crippen molar-refractivity contribution in [1.29, 1.82) is 0 Å². The van der Waals surface area contributed by atoms with Crippen LogP contribution in [0.2, 0.25) is 0 Å². The number of ether oxygens (including phenoxy) is 1. The largest absolute Gasteiger partial charge is 0.444 e. The average Bonchev–Trinajstić information content (AvgIpc) is 3.15. The van der Waals surface area contributed by atoms with Crippen molar-refractivity contribution in [2.45, 2.75) is 83.4 Å². The Hall–Kier alpha value is -0.810. The highest BCUT2D eigenvalue weighted by Gasteiger charge is 2.42. The van der Waals surface area contributed by atoms with Gasteiger partial charge in [0.2, 0.25) is 0 Å². The molecule has 2 saturated carbocycles. The van der Waals surface area contributed by atoms with E-state index in [2.05, 4.69) is 10.6 Å². The molecule has 0 aliphatic heterocycles. The summed E-state index contributed by atoms with van der Waals surface area (Å²) in [7, 11) is 0. The first kappa shape index (κ1) is 17.5. The zero-order valence-corrected chi connectivity index (χ0v) is 14.3. The van der Waals surface area contributed by atoms with E-state index < -0.39 is 5.60 Å². The molecule has 2 rings (SSSR count). The summed E-state index contributed by atoms with van der Waals surface area (Å²) in [4.78, 5) is 11.9. The lowest BCUT2D eigenvalue weighted by Crippen LogP contribution is -2.46. The first-order valence-corrected chi connectivity index (χ1v) is 8.66. The van der Waals surface area contributed by atoms with Gasteiger partial charge in [-0.25, -0.2) is 4.79 Å². The van der Waals surface area contributed by atoms with Crippen molar-refractivity contribution in [3.63, 3.8) is 0 Å². The van der Waals surface area contributed by atoms with E-state index in [1.807, 2.05) is 20.8 Å². The van der Waals surface area contributed by atoms with Crippen LogP contribution in [0.3, 0.4) is 0 Å². The second kappa shape index (κ2) is 7.18. The lowest BCUT2D eigenvalue weighted by atomic mass is 9.90. The molecule has 2 aliphatic rings. The van der Waals surface area contributed by atoms with Crippen molar-refractivity contribution in [2.24, 2.45) is 5.41 Å². The number of amides is 1. The molecule has 0 heterocycles. The van der Waals surface area contributed by atoms with Gasteiger partial charge in [-0.2, -0.15) is 0 Å². The van der Waals surface area contributed by atoms with Gasteiger partial charge in [0.05, 0.1) is 0 Å². The Morgan fingerprint density at radius 2 is 1.95 bits per heavy atom. The minimum Gasteiger partial charge on any atom is -0.444 e. The van der Waals surface area contributed by atoms with Gasteiger partial charge in [0.15, 0.2) is 0 Å². The van der Waals surface area contributed by atoms with E-state index in [-0.39, 0.29) is 18.7 Å². The van der Waals surface area contributed by atoms with Gasteiger partial charge in [0, 0.05) is 25.2 Å². The number of aliphatic hydroxyl groups is 1. The Labute approximate surface area is 134 Å². The maximum absolute atomic E-state index is 11.9. The molecule has 0 bridgehead atoms. The molecule has 0 radical (unpaired) electrons. The zero-order valence-electron chi connectivity index (χ0n) is 14.3. The van der Waals surface area contributed by atoms with Crippen molar-refractivity contribution in [3.05, 3.63) is 0 Å². The summed E-state index contributed by atoms with van der Waals surface area (Å²) in [6, 6.07) is 0.666. The van der Waals surface area contributed by atoms with Crippen LogP contribution >= 0.6 is 0 Å². The Morgan fingerprint density at radius 1 is 1.27 bits per heavy atom. The fraction of sp³-hybridized carbons (Fsp3) is 0.941. The highest BCUT2D eigenvalue weighted by atomic mass is 16.6. The highest BCUT2D eigenvalue weighted by Crippen LogP contribution is 2.48. The molecule has 0 spiro atoms. The number of hydrogen-bond acceptors (Lipinski definition) is 4. The molecule has 128 valence electrons. The van der Waals surface area contributed by atoms with E-state index in [1.54, 1.807) is 0 Å². The zero-order chi connectivity index (χ0) is 16.2. The van der Waals surface area contributed by atoms with E-state index in [9.17, 15) is 4.79 Å². The van der Waals surface area contributed by atoms with Crippen LogP contribution in [-0.2, 0) is 4.74 Å². The third kappa shape index (κ3) is 5.76. The quantitative estimate of drug-likeness (QED) is 0.705. The number of nitrogens with one attached hydrogen (secondary N) is 2. The van der Waals surface area contributed by atoms with E-state index in [0.29, 0.717) is 11.5 Å². The summed E-state index contributed by atoms with van der Waals surface area (Å²) < 4.78 is 5.33. The second-order valence-corrected chi connectivity index (χ2v) is 8.06. The van der Waals surface area contributed by atoms with Crippen molar-refractivity contribution in [3.8, 4) is 0 Å². The molecule has 1 amide bonds. The van der Waals surface area contributed by atoms with E-state index in [0.717, 1.165) is 32.2 Å². The van der Waals surface area contributed by atoms with Crippen molar-refractivity contribution in [2.75, 3.05) is 13.2 Å². The normalized spacial score (nSPS) is 27.3. The molecule has 0 aromatic heterocycles. The predicted molar refractivity (Wildman–Crippen MR) is 86.8 cm³/mol. The second-order valence-electron chi connectivity index (χ2n) is 8.06. The van der Waals surface area contributed by atoms with Crippen molar-refractivity contribution < 1.29 is 14.6 Å². The lowest BCUT2D eigenvalue weighted by molar-refractivity contribution is 0.0488. The molecule has 22 heavy (non-hydrogen) atoms. The van der Waals surface area contributed by atoms with Gasteiger partial charge in [0.25, 0.3) is 0 Å². The number of aliphatic hydroxyl groups excluding tert-OH is 1. The van der Waals surface area contributed by atoms with Gasteiger partial charge in [-0.05, 0) is 71.1 Å². The molecular formula is C17H32N2O3. The lowest BCUT2D eigenvalue weighted by Gasteiger charge is -2.32. The SMILES string of the molecule is CC(C)(C)OC(=O)NC1CCCC(NCC2(CCO)CC2)C1. The van der Waals surface area contributed by atoms with Gasteiger partial charge < -0.3 is 20.5 Å². The monoisotopic (exact) mass is 312 g/mol. The minimum atomic E-state index is -0.445. The first-order valence-electron chi connectivity index (χ1n) is 8.66. The predicted octanol–water partition coefficient (Wildman–Crippen LogP) is 2.57. The molecule has 2 fully saturated rings. The highest BCUT2D eigenvalue weighted by molar-refractivity contribution is 5.68. The molecule has 0 aromatic rings. The van der Waals surface area contributed by atoms with Crippen LogP contribution in [0.4, 0.5) is 4.79 Å². The van der Waals surface area contributed by atoms with Gasteiger partial charge >= 0.3 is 6.09 Å². The van der Waals surface area contributed by atoms with Crippen molar-refractivity contribution >= 4 is 6.09 Å². The molecule has 0 aromatic carbocycles. The standard InChI is InChI=1S/C17H32N2O3/c1-16(2,3)22-15(21)19-14-6-4-5-13(11-14)18-12-17(7-8-17)9-10-20/h13-14,18,20H,4-12H2,1-3H3,(H,19,21). The average molecular weight is 312 g/mol. The molecule has 2 unspecified atom stereocenters. The summed E-state index contributed by atoms with van der Waals surface area (Å²) in [5.41, 5.74) is -0.0979. The van der Waals surface area contributed by atoms with Crippen LogP contribution in [0.1, 0.15) is 65.7 Å². The molecule has 0 saturated heterocycles. The van der Waals surface area contributed by atoms with Crippen LogP contribution < -0.4 is 10.6 Å². The Morgan fingerprint density at radius 3 is 2.55 bits per heavy atom. The maximum atomic E-state index is 11.9. The Balaban J connectivity index is 1.71. The van der Waals surface area contributed by atoms with Gasteiger partial charge in [-0.1, -0.05) is 0 Å².